The van der Waals surface area contributed by atoms with Crippen LogP contribution < -0.4 is 4.90 Å². The van der Waals surface area contributed by atoms with Gasteiger partial charge in [0.15, 0.2) is 0 Å². The van der Waals surface area contributed by atoms with E-state index >= 15 is 0 Å². The molecule has 2 heterocycles. The molecule has 2 aliphatic rings. The summed E-state index contributed by atoms with van der Waals surface area (Å²) in [6.45, 7) is 9.52. The van der Waals surface area contributed by atoms with Crippen molar-refractivity contribution >= 4 is 90.9 Å². The van der Waals surface area contributed by atoms with E-state index in [0.29, 0.717) is 0 Å². The van der Waals surface area contributed by atoms with E-state index in [0.717, 1.165) is 0 Å². The van der Waals surface area contributed by atoms with Crippen LogP contribution in [0.2, 0.25) is 0 Å². The lowest BCUT2D eigenvalue weighted by Crippen LogP contribution is -2.18. The van der Waals surface area contributed by atoms with Crippen molar-refractivity contribution < 1.29 is 0 Å². The molecule has 12 rings (SSSR count). The average Bonchev–Trinajstić information content (AvgIpc) is 3.91. The van der Waals surface area contributed by atoms with Crippen molar-refractivity contribution in [1.29, 1.82) is 0 Å². The maximum absolute atomic E-state index is 2.52. The number of hydrogen-bond donors (Lipinski definition) is 0. The van der Waals surface area contributed by atoms with Crippen molar-refractivity contribution in [1.82, 2.24) is 0 Å². The average molecular weight is 740 g/mol. The van der Waals surface area contributed by atoms with Crippen LogP contribution in [0.3, 0.4) is 0 Å². The highest BCUT2D eigenvalue weighted by Crippen LogP contribution is 2.54. The van der Waals surface area contributed by atoms with Gasteiger partial charge in [0.05, 0.1) is 0 Å². The van der Waals surface area contributed by atoms with Crippen molar-refractivity contribution in [2.24, 2.45) is 0 Å². The number of fused-ring (bicyclic) bond motifs is 16. The molecule has 0 aliphatic heterocycles. The lowest BCUT2D eigenvalue weighted by molar-refractivity contribution is 0.660. The van der Waals surface area contributed by atoms with Gasteiger partial charge in [-0.15, -0.1) is 22.7 Å². The van der Waals surface area contributed by atoms with Crippen molar-refractivity contribution in [2.45, 2.75) is 38.5 Å². The van der Waals surface area contributed by atoms with Crippen LogP contribution in [0.4, 0.5) is 17.1 Å². The zero-order valence-electron chi connectivity index (χ0n) is 31.2. The zero-order valence-corrected chi connectivity index (χ0v) is 32.8. The number of rotatable bonds is 3. The second kappa shape index (κ2) is 10.9. The van der Waals surface area contributed by atoms with E-state index in [1.54, 1.807) is 0 Å². The summed E-state index contributed by atoms with van der Waals surface area (Å²) >= 11 is 3.87. The second-order valence-electron chi connectivity index (χ2n) is 16.5. The minimum absolute atomic E-state index is 0.101. The quantitative estimate of drug-likeness (QED) is 0.174. The molecule has 0 saturated heterocycles. The molecule has 0 amide bonds. The second-order valence-corrected chi connectivity index (χ2v) is 18.6. The maximum atomic E-state index is 2.52. The van der Waals surface area contributed by atoms with E-state index in [2.05, 4.69) is 184 Å². The van der Waals surface area contributed by atoms with Gasteiger partial charge in [-0.1, -0.05) is 131 Å². The van der Waals surface area contributed by atoms with Gasteiger partial charge in [-0.05, 0) is 98.4 Å². The predicted octanol–water partition coefficient (Wildman–Crippen LogP) is 15.7. The molecule has 55 heavy (non-hydrogen) atoms. The van der Waals surface area contributed by atoms with Crippen molar-refractivity contribution in [3.8, 4) is 22.3 Å². The third kappa shape index (κ3) is 4.18. The standard InChI is InChI=1S/C52H37NS2/c1-51(2)41-18-10-7-13-33(41)35-24-21-31(28-43(35)51)53(32-22-25-36-34-14-8-11-19-42(34)52(3,4)44(36)29-32)30-23-26-46-40(27-30)47-37-15-5-6-16-38(37)49-48(50(47)55-46)39-17-9-12-20-45(39)54-49/h5-29H,1-4H3. The Balaban J connectivity index is 1.13. The summed E-state index contributed by atoms with van der Waals surface area (Å²) in [4.78, 5) is 2.52. The molecule has 0 unspecified atom stereocenters. The van der Waals surface area contributed by atoms with Crippen LogP contribution in [0.15, 0.2) is 152 Å². The first kappa shape index (κ1) is 31.6. The van der Waals surface area contributed by atoms with Gasteiger partial charge in [0.25, 0.3) is 0 Å². The highest BCUT2D eigenvalue weighted by molar-refractivity contribution is 7.30. The molecule has 1 nitrogen and oxygen atoms in total. The van der Waals surface area contributed by atoms with Gasteiger partial charge in [-0.3, -0.25) is 0 Å². The molecule has 0 spiro atoms. The van der Waals surface area contributed by atoms with Gasteiger partial charge in [0.1, 0.15) is 0 Å². The van der Waals surface area contributed by atoms with Crippen LogP contribution in [-0.2, 0) is 10.8 Å². The lowest BCUT2D eigenvalue weighted by atomic mass is 9.82. The minimum atomic E-state index is -0.101. The molecule has 3 heteroatoms. The normalized spacial score (nSPS) is 14.8. The van der Waals surface area contributed by atoms with E-state index < -0.39 is 0 Å². The third-order valence-electron chi connectivity index (χ3n) is 12.8. The molecule has 8 aromatic carbocycles. The van der Waals surface area contributed by atoms with E-state index in [-0.39, 0.29) is 10.8 Å². The molecule has 0 atom stereocenters. The maximum Gasteiger partial charge on any atom is 0.0468 e. The van der Waals surface area contributed by atoms with Gasteiger partial charge in [0, 0.05) is 73.6 Å². The Morgan fingerprint density at radius 2 is 0.836 bits per heavy atom. The molecule has 2 aromatic heterocycles. The highest BCUT2D eigenvalue weighted by atomic mass is 32.1. The molecule has 0 radical (unpaired) electrons. The van der Waals surface area contributed by atoms with Gasteiger partial charge >= 0.3 is 0 Å². The number of hydrogen-bond acceptors (Lipinski definition) is 3. The van der Waals surface area contributed by atoms with Crippen LogP contribution >= 0.6 is 22.7 Å². The molecular formula is C52H37NS2. The van der Waals surface area contributed by atoms with Crippen molar-refractivity contribution in [3.63, 3.8) is 0 Å². The van der Waals surface area contributed by atoms with Crippen molar-refractivity contribution in [2.75, 3.05) is 4.90 Å². The first-order valence-electron chi connectivity index (χ1n) is 19.3. The molecule has 0 N–H and O–H groups in total. The Morgan fingerprint density at radius 3 is 1.49 bits per heavy atom. The largest absolute Gasteiger partial charge is 0.310 e. The van der Waals surface area contributed by atoms with E-state index in [1.165, 1.54) is 113 Å². The van der Waals surface area contributed by atoms with Crippen LogP contribution in [0, 0.1) is 0 Å². The Kier molecular flexibility index (Phi) is 6.28. The summed E-state index contributed by atoms with van der Waals surface area (Å²) in [5, 5.41) is 8.11. The third-order valence-corrected chi connectivity index (χ3v) is 15.2. The monoisotopic (exact) mass is 739 g/mol. The fraction of sp³-hybridized carbons (Fsp3) is 0.115. The molecule has 262 valence electrons. The molecule has 0 bridgehead atoms. The van der Waals surface area contributed by atoms with Gasteiger partial charge < -0.3 is 4.90 Å². The highest BCUT2D eigenvalue weighted by Gasteiger charge is 2.37. The van der Waals surface area contributed by atoms with Crippen LogP contribution in [0.1, 0.15) is 49.9 Å². The molecular weight excluding hydrogens is 703 g/mol. The van der Waals surface area contributed by atoms with Crippen LogP contribution in [0.5, 0.6) is 0 Å². The minimum Gasteiger partial charge on any atom is -0.310 e. The first-order valence-corrected chi connectivity index (χ1v) is 20.9. The molecule has 2 aliphatic carbocycles. The molecule has 0 fully saturated rings. The predicted molar refractivity (Wildman–Crippen MR) is 240 cm³/mol. The number of benzene rings is 8. The zero-order chi connectivity index (χ0) is 36.8. The van der Waals surface area contributed by atoms with E-state index in [1.807, 2.05) is 22.7 Å². The Labute approximate surface area is 328 Å². The SMILES string of the molecule is CC1(C)c2ccccc2-c2ccc(N(c3ccc4c(c3)C(C)(C)c3ccccc3-4)c3ccc4sc5c(c4c3)c3ccccc3c3sc4ccccc4c35)cc21. The van der Waals surface area contributed by atoms with E-state index in [4.69, 9.17) is 0 Å². The Hall–Kier alpha value is -5.74. The fourth-order valence-electron chi connectivity index (χ4n) is 10.1. The summed E-state index contributed by atoms with van der Waals surface area (Å²) in [6.07, 6.45) is 0. The summed E-state index contributed by atoms with van der Waals surface area (Å²) in [5.41, 5.74) is 14.3. The lowest BCUT2D eigenvalue weighted by Gasteiger charge is -2.30. The number of nitrogens with zero attached hydrogens (tertiary/aromatic N) is 1. The Bertz CT molecular complexity index is 3170. The number of thiophene rings is 2. The molecule has 0 saturated carbocycles. The summed E-state index contributed by atoms with van der Waals surface area (Å²) in [6, 6.07) is 57.4. The molecule has 10 aromatic rings. The fourth-order valence-corrected chi connectivity index (χ4v) is 12.7. The smallest absolute Gasteiger partial charge is 0.0468 e. The Morgan fingerprint density at radius 1 is 0.364 bits per heavy atom. The first-order chi connectivity index (χ1) is 26.8. The van der Waals surface area contributed by atoms with Gasteiger partial charge in [-0.25, -0.2) is 0 Å². The van der Waals surface area contributed by atoms with Crippen molar-refractivity contribution in [3.05, 3.63) is 174 Å². The van der Waals surface area contributed by atoms with Gasteiger partial charge in [-0.2, -0.15) is 0 Å². The van der Waals surface area contributed by atoms with Crippen LogP contribution in [0.25, 0.3) is 73.4 Å². The summed E-state index contributed by atoms with van der Waals surface area (Å²) < 4.78 is 5.45. The van der Waals surface area contributed by atoms with Crippen LogP contribution in [-0.4, -0.2) is 0 Å². The summed E-state index contributed by atoms with van der Waals surface area (Å²) in [7, 11) is 0. The summed E-state index contributed by atoms with van der Waals surface area (Å²) in [5.74, 6) is 0. The van der Waals surface area contributed by atoms with E-state index in [9.17, 15) is 0 Å². The van der Waals surface area contributed by atoms with Gasteiger partial charge in [0.2, 0.25) is 0 Å². The number of anilines is 3. The topological polar surface area (TPSA) is 3.24 Å².